The number of hydrogen-bond acceptors (Lipinski definition) is 6. The van der Waals surface area contributed by atoms with Gasteiger partial charge in [-0.1, -0.05) is 17.7 Å². The molecule has 3 rings (SSSR count). The van der Waals surface area contributed by atoms with Crippen molar-refractivity contribution in [2.75, 3.05) is 31.1 Å². The molecule has 0 saturated carbocycles. The summed E-state index contributed by atoms with van der Waals surface area (Å²) >= 11 is 9.10. The van der Waals surface area contributed by atoms with Crippen molar-refractivity contribution in [3.05, 3.63) is 33.1 Å². The Morgan fingerprint density at radius 3 is 3.00 bits per heavy atom. The Kier molecular flexibility index (Phi) is 4.76. The average Bonchev–Trinajstić information content (AvgIpc) is 3.05. The van der Waals surface area contributed by atoms with Gasteiger partial charge in [0.05, 0.1) is 0 Å². The lowest BCUT2D eigenvalue weighted by Crippen LogP contribution is -2.30. The predicted molar refractivity (Wildman–Crippen MR) is 88.3 cm³/mol. The Balaban J connectivity index is 1.67. The zero-order valence-electron chi connectivity index (χ0n) is 11.5. The van der Waals surface area contributed by atoms with Crippen molar-refractivity contribution in [1.29, 1.82) is 5.26 Å². The van der Waals surface area contributed by atoms with E-state index < -0.39 is 0 Å². The first-order chi connectivity index (χ1) is 10.3. The van der Waals surface area contributed by atoms with Gasteiger partial charge in [0.2, 0.25) is 0 Å². The van der Waals surface area contributed by atoms with Gasteiger partial charge in [-0.3, -0.25) is 4.90 Å². The molecule has 7 heteroatoms. The molecule has 1 aliphatic heterocycles. The second-order valence-corrected chi connectivity index (χ2v) is 7.10. The predicted octanol–water partition coefficient (Wildman–Crippen LogP) is 3.44. The van der Waals surface area contributed by atoms with Gasteiger partial charge >= 0.3 is 0 Å². The number of nitriles is 1. The highest BCUT2D eigenvalue weighted by Gasteiger charge is 2.21. The number of hydrogen-bond donors (Lipinski definition) is 0. The molecule has 21 heavy (non-hydrogen) atoms. The van der Waals surface area contributed by atoms with E-state index in [4.69, 9.17) is 11.6 Å². The fraction of sp³-hybridized carbons (Fsp3) is 0.429. The van der Waals surface area contributed by atoms with E-state index >= 15 is 0 Å². The highest BCUT2D eigenvalue weighted by molar-refractivity contribution is 7.11. The molecule has 0 spiro atoms. The molecule has 4 nitrogen and oxygen atoms in total. The first kappa shape index (κ1) is 14.8. The third kappa shape index (κ3) is 3.38. The van der Waals surface area contributed by atoms with Crippen molar-refractivity contribution in [3.8, 4) is 6.07 Å². The summed E-state index contributed by atoms with van der Waals surface area (Å²) in [5.41, 5.74) is 0.522. The minimum absolute atomic E-state index is 0.331. The zero-order valence-corrected chi connectivity index (χ0v) is 13.8. The molecule has 0 bridgehead atoms. The Morgan fingerprint density at radius 1 is 1.33 bits per heavy atom. The quantitative estimate of drug-likeness (QED) is 0.859. The topological polar surface area (TPSA) is 43.2 Å². The molecule has 3 heterocycles. The average molecular weight is 339 g/mol. The Labute approximate surface area is 137 Å². The molecule has 1 aliphatic rings. The highest BCUT2D eigenvalue weighted by atomic mass is 35.5. The fourth-order valence-electron chi connectivity index (χ4n) is 2.53. The lowest BCUT2D eigenvalue weighted by Gasteiger charge is -2.21. The summed E-state index contributed by atoms with van der Waals surface area (Å²) in [5, 5.41) is 12.6. The number of rotatable bonds is 3. The SMILES string of the molecule is N#Cc1c(Cl)nsc1N1CCCN(Cc2cccs2)CC1. The fourth-order valence-corrected chi connectivity index (χ4v) is 4.35. The summed E-state index contributed by atoms with van der Waals surface area (Å²) in [6.45, 7) is 4.97. The van der Waals surface area contributed by atoms with Crippen LogP contribution in [0.5, 0.6) is 0 Å². The van der Waals surface area contributed by atoms with Crippen LogP contribution >= 0.6 is 34.5 Å². The van der Waals surface area contributed by atoms with E-state index in [1.165, 1.54) is 16.4 Å². The summed E-state index contributed by atoms with van der Waals surface area (Å²) in [7, 11) is 0. The molecule has 1 fully saturated rings. The number of anilines is 1. The molecule has 0 atom stereocenters. The normalized spacial score (nSPS) is 16.7. The number of aromatic nitrogens is 1. The van der Waals surface area contributed by atoms with E-state index in [9.17, 15) is 5.26 Å². The number of halogens is 1. The largest absolute Gasteiger partial charge is 0.360 e. The van der Waals surface area contributed by atoms with E-state index in [-0.39, 0.29) is 0 Å². The number of thiophene rings is 1. The van der Waals surface area contributed by atoms with Crippen LogP contribution in [0.2, 0.25) is 5.15 Å². The van der Waals surface area contributed by atoms with Crippen LogP contribution in [-0.2, 0) is 6.54 Å². The molecular weight excluding hydrogens is 324 g/mol. The summed E-state index contributed by atoms with van der Waals surface area (Å²) < 4.78 is 4.10. The molecule has 0 aromatic carbocycles. The smallest absolute Gasteiger partial charge is 0.162 e. The number of nitrogens with zero attached hydrogens (tertiary/aromatic N) is 4. The van der Waals surface area contributed by atoms with Crippen LogP contribution in [-0.4, -0.2) is 35.5 Å². The summed E-state index contributed by atoms with van der Waals surface area (Å²) in [4.78, 5) is 6.12. The van der Waals surface area contributed by atoms with Crippen molar-refractivity contribution >= 4 is 39.5 Å². The maximum Gasteiger partial charge on any atom is 0.162 e. The first-order valence-corrected chi connectivity index (χ1v) is 8.86. The standard InChI is InChI=1S/C14H15ClN4S2/c15-13-12(9-16)14(21-17-13)19-5-2-4-18(6-7-19)10-11-3-1-8-20-11/h1,3,8H,2,4-7,10H2. The van der Waals surface area contributed by atoms with Gasteiger partial charge < -0.3 is 4.90 Å². The molecular formula is C14H15ClN4S2. The van der Waals surface area contributed by atoms with Crippen LogP contribution in [0.4, 0.5) is 5.00 Å². The zero-order chi connectivity index (χ0) is 14.7. The summed E-state index contributed by atoms with van der Waals surface area (Å²) in [6.07, 6.45) is 1.09. The second kappa shape index (κ2) is 6.75. The maximum atomic E-state index is 9.21. The lowest BCUT2D eigenvalue weighted by molar-refractivity contribution is 0.288. The monoisotopic (exact) mass is 338 g/mol. The van der Waals surface area contributed by atoms with E-state index in [1.54, 1.807) is 11.3 Å². The van der Waals surface area contributed by atoms with E-state index in [0.717, 1.165) is 44.1 Å². The van der Waals surface area contributed by atoms with Crippen LogP contribution in [0.1, 0.15) is 16.9 Å². The molecule has 0 amide bonds. The van der Waals surface area contributed by atoms with E-state index in [0.29, 0.717) is 10.7 Å². The van der Waals surface area contributed by atoms with Crippen LogP contribution in [0, 0.1) is 11.3 Å². The molecule has 2 aromatic rings. The van der Waals surface area contributed by atoms with Crippen molar-refractivity contribution in [3.63, 3.8) is 0 Å². The molecule has 0 aliphatic carbocycles. The second-order valence-electron chi connectivity index (χ2n) is 4.96. The molecule has 1 saturated heterocycles. The third-order valence-electron chi connectivity index (χ3n) is 3.58. The lowest BCUT2D eigenvalue weighted by atomic mass is 10.3. The van der Waals surface area contributed by atoms with Gasteiger partial charge in [0.25, 0.3) is 0 Å². The van der Waals surface area contributed by atoms with Gasteiger partial charge in [0, 0.05) is 37.6 Å². The van der Waals surface area contributed by atoms with Crippen LogP contribution in [0.25, 0.3) is 0 Å². The van der Waals surface area contributed by atoms with Gasteiger partial charge in [-0.25, -0.2) is 0 Å². The Morgan fingerprint density at radius 2 is 2.24 bits per heavy atom. The Bertz CT molecular complexity index is 632. The van der Waals surface area contributed by atoms with Gasteiger partial charge in [-0.05, 0) is 29.4 Å². The third-order valence-corrected chi connectivity index (χ3v) is 5.72. The Hall–Kier alpha value is -1.13. The van der Waals surface area contributed by atoms with Gasteiger partial charge in [0.1, 0.15) is 16.6 Å². The highest BCUT2D eigenvalue weighted by Crippen LogP contribution is 2.31. The molecule has 0 unspecified atom stereocenters. The van der Waals surface area contributed by atoms with Gasteiger partial charge in [-0.2, -0.15) is 9.64 Å². The molecule has 2 aromatic heterocycles. The molecule has 110 valence electrons. The van der Waals surface area contributed by atoms with Crippen molar-refractivity contribution < 1.29 is 0 Å². The van der Waals surface area contributed by atoms with Crippen molar-refractivity contribution in [2.45, 2.75) is 13.0 Å². The summed E-state index contributed by atoms with van der Waals surface area (Å²) in [5.74, 6) is 0. The van der Waals surface area contributed by atoms with Crippen LogP contribution in [0.3, 0.4) is 0 Å². The minimum atomic E-state index is 0.331. The van der Waals surface area contributed by atoms with E-state index in [1.807, 2.05) is 0 Å². The maximum absolute atomic E-state index is 9.21. The van der Waals surface area contributed by atoms with Gasteiger partial charge in [-0.15, -0.1) is 11.3 Å². The van der Waals surface area contributed by atoms with Crippen LogP contribution < -0.4 is 4.90 Å². The van der Waals surface area contributed by atoms with Gasteiger partial charge in [0.15, 0.2) is 5.15 Å². The first-order valence-electron chi connectivity index (χ1n) is 6.83. The van der Waals surface area contributed by atoms with E-state index in [2.05, 4.69) is 37.8 Å². The molecule has 0 radical (unpaired) electrons. The van der Waals surface area contributed by atoms with Crippen molar-refractivity contribution in [1.82, 2.24) is 9.27 Å². The summed E-state index contributed by atoms with van der Waals surface area (Å²) in [6, 6.07) is 6.46. The minimum Gasteiger partial charge on any atom is -0.360 e. The van der Waals surface area contributed by atoms with Crippen molar-refractivity contribution in [2.24, 2.45) is 0 Å². The molecule has 0 N–H and O–H groups in total. The van der Waals surface area contributed by atoms with Crippen LogP contribution in [0.15, 0.2) is 17.5 Å².